The summed E-state index contributed by atoms with van der Waals surface area (Å²) in [7, 11) is 1.58. The fourth-order valence-electron chi connectivity index (χ4n) is 2.99. The molecule has 0 bridgehead atoms. The van der Waals surface area contributed by atoms with E-state index >= 15 is 0 Å². The highest BCUT2D eigenvalue weighted by atomic mass is 32.1. The van der Waals surface area contributed by atoms with Gasteiger partial charge in [-0.15, -0.1) is 11.3 Å². The molecule has 3 aromatic rings. The molecule has 0 amide bonds. The predicted octanol–water partition coefficient (Wildman–Crippen LogP) is 6.09. The third kappa shape index (κ3) is 6.02. The van der Waals surface area contributed by atoms with Gasteiger partial charge < -0.3 is 9.47 Å². The highest BCUT2D eigenvalue weighted by Gasteiger charge is 2.09. The molecule has 1 heterocycles. The van der Waals surface area contributed by atoms with E-state index in [1.807, 2.05) is 30.3 Å². The van der Waals surface area contributed by atoms with Crippen molar-refractivity contribution in [3.63, 3.8) is 0 Å². The summed E-state index contributed by atoms with van der Waals surface area (Å²) in [5.41, 5.74) is 1.66. The zero-order valence-corrected chi connectivity index (χ0v) is 18.2. The molecule has 0 atom stereocenters. The van der Waals surface area contributed by atoms with Crippen LogP contribution in [0.15, 0.2) is 60.7 Å². The van der Waals surface area contributed by atoms with E-state index in [2.05, 4.69) is 6.92 Å². The molecular weight excluding hydrogens is 414 g/mol. The summed E-state index contributed by atoms with van der Waals surface area (Å²) in [5.74, 6) is 1.16. The number of ether oxygens (including phenoxy) is 2. The SMILES string of the molecule is CCCc1ccc(C(=O)/C=C/c2ccc(OC)c(COc3ccc([N+](=O)[O-])cc3)c2)s1. The summed E-state index contributed by atoms with van der Waals surface area (Å²) in [6.45, 7) is 2.34. The maximum absolute atomic E-state index is 12.5. The minimum atomic E-state index is -0.454. The fourth-order valence-corrected chi connectivity index (χ4v) is 4.01. The van der Waals surface area contributed by atoms with Gasteiger partial charge in [0.1, 0.15) is 18.1 Å². The number of carbonyl (C=O) groups excluding carboxylic acids is 1. The van der Waals surface area contributed by atoms with Crippen molar-refractivity contribution in [2.75, 3.05) is 7.11 Å². The van der Waals surface area contributed by atoms with Crippen molar-refractivity contribution in [3.05, 3.63) is 91.7 Å². The zero-order valence-electron chi connectivity index (χ0n) is 17.4. The Morgan fingerprint density at radius 2 is 1.90 bits per heavy atom. The number of hydrogen-bond donors (Lipinski definition) is 0. The van der Waals surface area contributed by atoms with Crippen LogP contribution in [0.25, 0.3) is 6.08 Å². The second kappa shape index (κ2) is 10.5. The van der Waals surface area contributed by atoms with E-state index < -0.39 is 4.92 Å². The number of hydrogen-bond acceptors (Lipinski definition) is 6. The minimum absolute atomic E-state index is 0.00860. The average molecular weight is 438 g/mol. The summed E-state index contributed by atoms with van der Waals surface area (Å²) >= 11 is 1.54. The van der Waals surface area contributed by atoms with Crippen LogP contribution in [0, 0.1) is 10.1 Å². The van der Waals surface area contributed by atoms with E-state index in [0.29, 0.717) is 11.5 Å². The van der Waals surface area contributed by atoms with Gasteiger partial charge >= 0.3 is 0 Å². The summed E-state index contributed by atoms with van der Waals surface area (Å²) in [5, 5.41) is 10.8. The van der Waals surface area contributed by atoms with Crippen molar-refractivity contribution >= 4 is 28.9 Å². The maximum atomic E-state index is 12.5. The molecule has 7 heteroatoms. The number of aryl methyl sites for hydroxylation is 1. The summed E-state index contributed by atoms with van der Waals surface area (Å²) in [4.78, 5) is 24.7. The quantitative estimate of drug-likeness (QED) is 0.166. The van der Waals surface area contributed by atoms with Gasteiger partial charge in [-0.2, -0.15) is 0 Å². The van der Waals surface area contributed by atoms with Gasteiger partial charge in [0.15, 0.2) is 5.78 Å². The van der Waals surface area contributed by atoms with E-state index in [0.717, 1.165) is 28.8 Å². The lowest BCUT2D eigenvalue weighted by Crippen LogP contribution is -1.99. The highest BCUT2D eigenvalue weighted by Crippen LogP contribution is 2.25. The molecule has 0 aliphatic heterocycles. The Balaban J connectivity index is 1.69. The number of carbonyl (C=O) groups is 1. The fraction of sp³-hybridized carbons (Fsp3) is 0.208. The Kier molecular flexibility index (Phi) is 7.56. The largest absolute Gasteiger partial charge is 0.496 e. The third-order valence-corrected chi connectivity index (χ3v) is 5.73. The average Bonchev–Trinajstić information content (AvgIpc) is 3.25. The molecule has 160 valence electrons. The van der Waals surface area contributed by atoms with Crippen molar-refractivity contribution in [1.29, 1.82) is 0 Å². The Labute approximate surface area is 184 Å². The second-order valence-electron chi connectivity index (χ2n) is 6.82. The topological polar surface area (TPSA) is 78.7 Å². The van der Waals surface area contributed by atoms with Crippen LogP contribution in [0.1, 0.15) is 39.0 Å². The monoisotopic (exact) mass is 437 g/mol. The highest BCUT2D eigenvalue weighted by molar-refractivity contribution is 7.14. The van der Waals surface area contributed by atoms with Gasteiger partial charge in [0.05, 0.1) is 16.9 Å². The summed E-state index contributed by atoms with van der Waals surface area (Å²) in [6, 6.07) is 15.4. The van der Waals surface area contributed by atoms with Crippen LogP contribution in [0.3, 0.4) is 0 Å². The van der Waals surface area contributed by atoms with Crippen molar-refractivity contribution < 1.29 is 19.2 Å². The molecular formula is C24H23NO5S. The molecule has 6 nitrogen and oxygen atoms in total. The number of thiophene rings is 1. The first kappa shape index (κ1) is 22.2. The molecule has 31 heavy (non-hydrogen) atoms. The third-order valence-electron chi connectivity index (χ3n) is 4.57. The van der Waals surface area contributed by atoms with E-state index in [4.69, 9.17) is 9.47 Å². The van der Waals surface area contributed by atoms with E-state index in [9.17, 15) is 14.9 Å². The molecule has 0 aliphatic rings. The summed E-state index contributed by atoms with van der Waals surface area (Å²) < 4.78 is 11.2. The normalized spacial score (nSPS) is 10.9. The smallest absolute Gasteiger partial charge is 0.269 e. The van der Waals surface area contributed by atoms with Crippen molar-refractivity contribution in [2.24, 2.45) is 0 Å². The number of non-ortho nitro benzene ring substituents is 1. The standard InChI is InChI=1S/C24H23NO5S/c1-3-4-21-11-14-24(31-21)22(26)12-5-17-6-13-23(29-2)18(15-17)16-30-20-9-7-19(8-10-20)25(27)28/h5-15H,3-4,16H2,1-2H3/b12-5+. The number of nitrogens with zero attached hydrogens (tertiary/aromatic N) is 1. The predicted molar refractivity (Wildman–Crippen MR) is 122 cm³/mol. The zero-order chi connectivity index (χ0) is 22.2. The van der Waals surface area contributed by atoms with Gasteiger partial charge in [0.2, 0.25) is 0 Å². The first-order valence-corrected chi connectivity index (χ1v) is 10.7. The molecule has 3 rings (SSSR count). The number of ketones is 1. The van der Waals surface area contributed by atoms with Crippen molar-refractivity contribution in [2.45, 2.75) is 26.4 Å². The Morgan fingerprint density at radius 3 is 2.58 bits per heavy atom. The van der Waals surface area contributed by atoms with E-state index in [1.165, 1.54) is 28.3 Å². The second-order valence-corrected chi connectivity index (χ2v) is 7.99. The number of nitro benzene ring substituents is 1. The molecule has 0 unspecified atom stereocenters. The molecule has 1 aromatic heterocycles. The minimum Gasteiger partial charge on any atom is -0.496 e. The Bertz CT molecular complexity index is 1090. The lowest BCUT2D eigenvalue weighted by atomic mass is 10.1. The molecule has 0 fully saturated rings. The lowest BCUT2D eigenvalue weighted by Gasteiger charge is -2.11. The number of allylic oxidation sites excluding steroid dienone is 1. The van der Waals surface area contributed by atoms with Gasteiger partial charge in [-0.3, -0.25) is 14.9 Å². The molecule has 0 radical (unpaired) electrons. The van der Waals surface area contributed by atoms with Crippen LogP contribution in [0.5, 0.6) is 11.5 Å². The van der Waals surface area contributed by atoms with E-state index in [1.54, 1.807) is 31.4 Å². The van der Waals surface area contributed by atoms with Crippen LogP contribution in [-0.2, 0) is 13.0 Å². The Hall–Kier alpha value is -3.45. The maximum Gasteiger partial charge on any atom is 0.269 e. The molecule has 2 aromatic carbocycles. The van der Waals surface area contributed by atoms with Crippen LogP contribution < -0.4 is 9.47 Å². The van der Waals surface area contributed by atoms with Gasteiger partial charge in [-0.1, -0.05) is 25.5 Å². The van der Waals surface area contributed by atoms with Gasteiger partial charge in [-0.05, 0) is 54.5 Å². The number of methoxy groups -OCH3 is 1. The van der Waals surface area contributed by atoms with Crippen molar-refractivity contribution in [3.8, 4) is 11.5 Å². The Morgan fingerprint density at radius 1 is 1.13 bits per heavy atom. The van der Waals surface area contributed by atoms with Crippen LogP contribution in [0.4, 0.5) is 5.69 Å². The number of nitro groups is 1. The molecule has 0 N–H and O–H groups in total. The molecule has 0 saturated carbocycles. The lowest BCUT2D eigenvalue weighted by molar-refractivity contribution is -0.384. The molecule has 0 aliphatic carbocycles. The first-order valence-electron chi connectivity index (χ1n) is 9.85. The van der Waals surface area contributed by atoms with Crippen LogP contribution >= 0.6 is 11.3 Å². The molecule has 0 saturated heterocycles. The van der Waals surface area contributed by atoms with Gasteiger partial charge in [0.25, 0.3) is 5.69 Å². The van der Waals surface area contributed by atoms with E-state index in [-0.39, 0.29) is 18.1 Å². The van der Waals surface area contributed by atoms with Crippen molar-refractivity contribution in [1.82, 2.24) is 0 Å². The number of rotatable bonds is 10. The van der Waals surface area contributed by atoms with Gasteiger partial charge in [0, 0.05) is 22.6 Å². The summed E-state index contributed by atoms with van der Waals surface area (Å²) in [6.07, 6.45) is 5.39. The first-order chi connectivity index (χ1) is 15.0. The number of benzene rings is 2. The van der Waals surface area contributed by atoms with Gasteiger partial charge in [-0.25, -0.2) is 0 Å². The van der Waals surface area contributed by atoms with Crippen LogP contribution in [-0.4, -0.2) is 17.8 Å². The van der Waals surface area contributed by atoms with Crippen LogP contribution in [0.2, 0.25) is 0 Å². The molecule has 0 spiro atoms.